The van der Waals surface area contributed by atoms with Gasteiger partial charge in [0.2, 0.25) is 5.56 Å². The van der Waals surface area contributed by atoms with Gasteiger partial charge in [0.1, 0.15) is 5.69 Å². The average Bonchev–Trinajstić information content (AvgIpc) is 2.23. The Morgan fingerprint density at radius 2 is 2.25 bits per heavy atom. The number of carbonyl (C=O) groups excluding carboxylic acids is 1. The summed E-state index contributed by atoms with van der Waals surface area (Å²) >= 11 is 5.84. The van der Waals surface area contributed by atoms with Crippen LogP contribution in [-0.2, 0) is 0 Å². The third kappa shape index (κ3) is 2.11. The molecule has 0 saturated heterocycles. The van der Waals surface area contributed by atoms with Crippen molar-refractivity contribution in [3.05, 3.63) is 34.2 Å². The van der Waals surface area contributed by atoms with Crippen LogP contribution in [-0.4, -0.2) is 22.3 Å². The highest BCUT2D eigenvalue weighted by molar-refractivity contribution is 6.19. The Morgan fingerprint density at radius 1 is 1.50 bits per heavy atom. The van der Waals surface area contributed by atoms with Crippen LogP contribution in [0.2, 0.25) is 0 Å². The van der Waals surface area contributed by atoms with Gasteiger partial charge in [-0.05, 0) is 25.3 Å². The van der Waals surface area contributed by atoms with E-state index in [0.29, 0.717) is 5.88 Å². The zero-order chi connectivity index (χ0) is 11.6. The van der Waals surface area contributed by atoms with Crippen molar-refractivity contribution in [2.45, 2.75) is 24.8 Å². The monoisotopic (exact) mass is 240 g/mol. The summed E-state index contributed by atoms with van der Waals surface area (Å²) in [7, 11) is 0. The van der Waals surface area contributed by atoms with Gasteiger partial charge in [-0.25, -0.2) is 0 Å². The molecule has 0 aliphatic heterocycles. The summed E-state index contributed by atoms with van der Waals surface area (Å²) in [6.45, 7) is 0. The lowest BCUT2D eigenvalue weighted by Crippen LogP contribution is -2.55. The van der Waals surface area contributed by atoms with Gasteiger partial charge in [-0.1, -0.05) is 6.07 Å². The standard InChI is InChI=1S/C11H13ClN2O2/c12-7-11(5-2-6-11)14-10(16)8-3-1-4-9(15)13-8/h1,3-4H,2,5-7H2,(H,13,15)(H,14,16). The Bertz CT molecular complexity index is 446. The fourth-order valence-electron chi connectivity index (χ4n) is 1.78. The van der Waals surface area contributed by atoms with Gasteiger partial charge in [0.25, 0.3) is 5.91 Å². The zero-order valence-corrected chi connectivity index (χ0v) is 9.51. The van der Waals surface area contributed by atoms with Crippen LogP contribution in [0.4, 0.5) is 0 Å². The molecule has 86 valence electrons. The first-order valence-electron chi connectivity index (χ1n) is 5.23. The lowest BCUT2D eigenvalue weighted by Gasteiger charge is -2.40. The minimum absolute atomic E-state index is 0.266. The summed E-state index contributed by atoms with van der Waals surface area (Å²) in [6, 6.07) is 4.51. The topological polar surface area (TPSA) is 62.0 Å². The molecule has 1 saturated carbocycles. The summed E-state index contributed by atoms with van der Waals surface area (Å²) in [4.78, 5) is 25.4. The maximum absolute atomic E-state index is 11.8. The Hall–Kier alpha value is -1.29. The number of amides is 1. The van der Waals surface area contributed by atoms with Crippen LogP contribution >= 0.6 is 11.6 Å². The second-order valence-electron chi connectivity index (χ2n) is 4.15. The van der Waals surface area contributed by atoms with E-state index >= 15 is 0 Å². The Balaban J connectivity index is 2.11. The number of hydrogen-bond donors (Lipinski definition) is 2. The molecule has 0 aromatic carbocycles. The normalized spacial score (nSPS) is 17.6. The molecular weight excluding hydrogens is 228 g/mol. The largest absolute Gasteiger partial charge is 0.344 e. The van der Waals surface area contributed by atoms with E-state index in [1.807, 2.05) is 0 Å². The minimum atomic E-state index is -0.277. The zero-order valence-electron chi connectivity index (χ0n) is 8.75. The van der Waals surface area contributed by atoms with E-state index in [9.17, 15) is 9.59 Å². The summed E-state index contributed by atoms with van der Waals surface area (Å²) in [6.07, 6.45) is 2.89. The number of alkyl halides is 1. The van der Waals surface area contributed by atoms with Crippen LogP contribution < -0.4 is 10.9 Å². The van der Waals surface area contributed by atoms with E-state index in [1.165, 1.54) is 6.07 Å². The Kier molecular flexibility index (Phi) is 3.01. The predicted molar refractivity (Wildman–Crippen MR) is 61.8 cm³/mol. The minimum Gasteiger partial charge on any atom is -0.344 e. The summed E-state index contributed by atoms with van der Waals surface area (Å²) in [5.41, 5.74) is -0.268. The number of halogens is 1. The van der Waals surface area contributed by atoms with Crippen molar-refractivity contribution in [1.82, 2.24) is 10.3 Å². The van der Waals surface area contributed by atoms with Crippen LogP contribution in [0.5, 0.6) is 0 Å². The molecule has 1 fully saturated rings. The molecule has 0 bridgehead atoms. The molecule has 0 unspecified atom stereocenters. The van der Waals surface area contributed by atoms with E-state index in [1.54, 1.807) is 12.1 Å². The van der Waals surface area contributed by atoms with E-state index in [2.05, 4.69) is 10.3 Å². The lowest BCUT2D eigenvalue weighted by molar-refractivity contribution is 0.0848. The van der Waals surface area contributed by atoms with Crippen LogP contribution in [0.15, 0.2) is 23.0 Å². The number of nitrogens with one attached hydrogen (secondary N) is 2. The summed E-state index contributed by atoms with van der Waals surface area (Å²) in [5.74, 6) is 0.147. The third-order valence-electron chi connectivity index (χ3n) is 2.96. The molecule has 0 atom stereocenters. The molecule has 4 nitrogen and oxygen atoms in total. The van der Waals surface area contributed by atoms with Crippen molar-refractivity contribution < 1.29 is 4.79 Å². The molecule has 1 heterocycles. The van der Waals surface area contributed by atoms with Crippen LogP contribution in [0, 0.1) is 0 Å². The molecule has 1 aromatic heterocycles. The SMILES string of the molecule is O=C(NC1(CCl)CCC1)c1cccc(=O)[nH]1. The van der Waals surface area contributed by atoms with E-state index in [4.69, 9.17) is 11.6 Å². The Morgan fingerprint density at radius 3 is 2.75 bits per heavy atom. The van der Waals surface area contributed by atoms with E-state index < -0.39 is 0 Å². The summed E-state index contributed by atoms with van der Waals surface area (Å²) < 4.78 is 0. The quantitative estimate of drug-likeness (QED) is 0.782. The summed E-state index contributed by atoms with van der Waals surface area (Å²) in [5, 5.41) is 2.88. The van der Waals surface area contributed by atoms with Gasteiger partial charge in [-0.3, -0.25) is 9.59 Å². The maximum atomic E-state index is 11.8. The van der Waals surface area contributed by atoms with Crippen molar-refractivity contribution in [3.63, 3.8) is 0 Å². The number of pyridine rings is 1. The van der Waals surface area contributed by atoms with Crippen LogP contribution in [0.1, 0.15) is 29.8 Å². The molecule has 1 amide bonds. The van der Waals surface area contributed by atoms with Gasteiger partial charge >= 0.3 is 0 Å². The lowest BCUT2D eigenvalue weighted by atomic mass is 9.78. The second-order valence-corrected chi connectivity index (χ2v) is 4.42. The highest BCUT2D eigenvalue weighted by Gasteiger charge is 2.37. The molecule has 0 radical (unpaired) electrons. The highest BCUT2D eigenvalue weighted by atomic mass is 35.5. The third-order valence-corrected chi connectivity index (χ3v) is 3.47. The van der Waals surface area contributed by atoms with Crippen molar-refractivity contribution in [3.8, 4) is 0 Å². The highest BCUT2D eigenvalue weighted by Crippen LogP contribution is 2.32. The first kappa shape index (κ1) is 11.2. The number of aromatic nitrogens is 1. The fraction of sp³-hybridized carbons (Fsp3) is 0.455. The molecule has 5 heteroatoms. The van der Waals surface area contributed by atoms with Crippen molar-refractivity contribution in [2.24, 2.45) is 0 Å². The first-order valence-corrected chi connectivity index (χ1v) is 5.76. The molecule has 2 N–H and O–H groups in total. The van der Waals surface area contributed by atoms with Crippen LogP contribution in [0.3, 0.4) is 0 Å². The van der Waals surface area contributed by atoms with E-state index in [0.717, 1.165) is 19.3 Å². The molecule has 1 aromatic rings. The molecule has 1 aliphatic rings. The number of aromatic amines is 1. The smallest absolute Gasteiger partial charge is 0.268 e. The molecular formula is C11H13ClN2O2. The molecule has 1 aliphatic carbocycles. The van der Waals surface area contributed by atoms with Gasteiger partial charge < -0.3 is 10.3 Å². The second kappa shape index (κ2) is 4.29. The van der Waals surface area contributed by atoms with Gasteiger partial charge in [0, 0.05) is 11.9 Å². The van der Waals surface area contributed by atoms with Gasteiger partial charge in [-0.15, -0.1) is 11.6 Å². The molecule has 16 heavy (non-hydrogen) atoms. The molecule has 0 spiro atoms. The predicted octanol–water partition coefficient (Wildman–Crippen LogP) is 1.27. The number of rotatable bonds is 3. The first-order chi connectivity index (χ1) is 7.65. The van der Waals surface area contributed by atoms with Crippen molar-refractivity contribution in [1.29, 1.82) is 0 Å². The molecule has 2 rings (SSSR count). The van der Waals surface area contributed by atoms with E-state index in [-0.39, 0.29) is 22.7 Å². The van der Waals surface area contributed by atoms with Crippen molar-refractivity contribution >= 4 is 17.5 Å². The van der Waals surface area contributed by atoms with Crippen molar-refractivity contribution in [2.75, 3.05) is 5.88 Å². The van der Waals surface area contributed by atoms with Gasteiger partial charge in [0.15, 0.2) is 0 Å². The number of H-pyrrole nitrogens is 1. The van der Waals surface area contributed by atoms with Gasteiger partial charge in [0.05, 0.1) is 5.54 Å². The number of hydrogen-bond acceptors (Lipinski definition) is 2. The number of carbonyl (C=O) groups is 1. The van der Waals surface area contributed by atoms with Crippen LogP contribution in [0.25, 0.3) is 0 Å². The maximum Gasteiger partial charge on any atom is 0.268 e. The Labute approximate surface area is 98.0 Å². The fourth-order valence-corrected chi connectivity index (χ4v) is 2.12. The average molecular weight is 241 g/mol. The van der Waals surface area contributed by atoms with Gasteiger partial charge in [-0.2, -0.15) is 0 Å².